The van der Waals surface area contributed by atoms with Crippen molar-refractivity contribution >= 4 is 17.8 Å². The van der Waals surface area contributed by atoms with E-state index in [4.69, 9.17) is 9.84 Å². The van der Waals surface area contributed by atoms with Crippen LogP contribution in [0.2, 0.25) is 0 Å². The van der Waals surface area contributed by atoms with Crippen molar-refractivity contribution in [2.24, 2.45) is 5.92 Å². The first-order valence-corrected chi connectivity index (χ1v) is 15.0. The number of benzene rings is 1. The van der Waals surface area contributed by atoms with Gasteiger partial charge in [0.1, 0.15) is 5.75 Å². The van der Waals surface area contributed by atoms with Crippen molar-refractivity contribution < 1.29 is 37.4 Å². The van der Waals surface area contributed by atoms with Crippen molar-refractivity contribution in [3.8, 4) is 5.75 Å². The highest BCUT2D eigenvalue weighted by atomic mass is 19.4. The minimum atomic E-state index is -4.69. The predicted octanol–water partition coefficient (Wildman–Crippen LogP) is 5.95. The van der Waals surface area contributed by atoms with Gasteiger partial charge in [-0.25, -0.2) is 0 Å². The highest BCUT2D eigenvalue weighted by Gasteiger charge is 2.44. The van der Waals surface area contributed by atoms with Gasteiger partial charge in [-0.15, -0.1) is 0 Å². The number of hydrogen-bond donors (Lipinski definition) is 1. The van der Waals surface area contributed by atoms with Crippen LogP contribution >= 0.6 is 0 Å². The van der Waals surface area contributed by atoms with E-state index in [-0.39, 0.29) is 17.7 Å². The molecule has 1 N–H and O–H groups in total. The molecule has 11 heteroatoms. The monoisotopic (exact) mass is 603 g/mol. The Morgan fingerprint density at radius 2 is 1.84 bits per heavy atom. The molecule has 2 aliphatic rings. The molecule has 1 aromatic heterocycles. The van der Waals surface area contributed by atoms with Gasteiger partial charge in [-0.05, 0) is 56.1 Å². The number of pyridine rings is 1. The van der Waals surface area contributed by atoms with E-state index in [1.807, 2.05) is 36.1 Å². The summed E-state index contributed by atoms with van der Waals surface area (Å²) in [6.07, 6.45) is 1.42. The van der Waals surface area contributed by atoms with Crippen LogP contribution in [0.3, 0.4) is 0 Å². The smallest absolute Gasteiger partial charge is 0.417 e. The summed E-state index contributed by atoms with van der Waals surface area (Å²) in [4.78, 5) is 45.4. The quantitative estimate of drug-likeness (QED) is 0.337. The van der Waals surface area contributed by atoms with E-state index in [1.54, 1.807) is 0 Å². The third-order valence-electron chi connectivity index (χ3n) is 8.81. The number of nitrogens with zero attached hydrogens (tertiary/aromatic N) is 3. The van der Waals surface area contributed by atoms with Gasteiger partial charge in [0, 0.05) is 50.1 Å². The maximum Gasteiger partial charge on any atom is 0.417 e. The van der Waals surface area contributed by atoms with Crippen LogP contribution in [0.15, 0.2) is 42.7 Å². The van der Waals surface area contributed by atoms with E-state index in [2.05, 4.69) is 11.9 Å². The van der Waals surface area contributed by atoms with Gasteiger partial charge < -0.3 is 19.6 Å². The average molecular weight is 604 g/mol. The van der Waals surface area contributed by atoms with Crippen LogP contribution in [0.1, 0.15) is 86.7 Å². The second kappa shape index (κ2) is 13.8. The van der Waals surface area contributed by atoms with Gasteiger partial charge in [0.25, 0.3) is 5.91 Å². The van der Waals surface area contributed by atoms with Crippen LogP contribution in [0.5, 0.6) is 5.75 Å². The largest absolute Gasteiger partial charge is 0.493 e. The molecule has 234 valence electrons. The van der Waals surface area contributed by atoms with Crippen molar-refractivity contribution in [3.05, 3.63) is 59.4 Å². The lowest BCUT2D eigenvalue weighted by atomic mass is 9.73. The fourth-order valence-electron chi connectivity index (χ4n) is 6.44. The number of alkyl halides is 3. The molecule has 2 atom stereocenters. The number of carbonyl (C=O) groups is 3. The van der Waals surface area contributed by atoms with Crippen molar-refractivity contribution in [1.29, 1.82) is 0 Å². The molecule has 2 aromatic rings. The van der Waals surface area contributed by atoms with Crippen LogP contribution in [0.4, 0.5) is 13.2 Å². The van der Waals surface area contributed by atoms with Gasteiger partial charge >= 0.3 is 12.1 Å². The lowest BCUT2D eigenvalue weighted by Crippen LogP contribution is -2.55. The molecule has 2 amide bonds. The third kappa shape index (κ3) is 7.48. The van der Waals surface area contributed by atoms with E-state index in [0.29, 0.717) is 76.9 Å². The molecule has 2 unspecified atom stereocenters. The second-order valence-electron chi connectivity index (χ2n) is 11.8. The molecule has 2 fully saturated rings. The number of halogens is 3. The first kappa shape index (κ1) is 32.3. The van der Waals surface area contributed by atoms with Crippen molar-refractivity contribution in [2.75, 3.05) is 26.2 Å². The fourth-order valence-corrected chi connectivity index (χ4v) is 6.44. The molecule has 43 heavy (non-hydrogen) atoms. The van der Waals surface area contributed by atoms with E-state index in [1.165, 1.54) is 4.90 Å². The summed E-state index contributed by atoms with van der Waals surface area (Å²) in [5.41, 5.74) is -0.738. The van der Waals surface area contributed by atoms with Crippen LogP contribution in [-0.4, -0.2) is 70.0 Å². The lowest BCUT2D eigenvalue weighted by Gasteiger charge is -2.45. The van der Waals surface area contributed by atoms with Crippen LogP contribution < -0.4 is 4.74 Å². The highest BCUT2D eigenvalue weighted by molar-refractivity contribution is 5.96. The molecular weight excluding hydrogens is 563 g/mol. The summed E-state index contributed by atoms with van der Waals surface area (Å²) < 4.78 is 47.1. The molecule has 3 heterocycles. The summed E-state index contributed by atoms with van der Waals surface area (Å²) in [7, 11) is 0. The summed E-state index contributed by atoms with van der Waals surface area (Å²) in [5, 5.41) is 8.90. The number of carboxylic acids is 1. The third-order valence-corrected chi connectivity index (χ3v) is 8.81. The maximum absolute atomic E-state index is 13.9. The number of amides is 2. The lowest BCUT2D eigenvalue weighted by molar-refractivity contribution is -0.141. The zero-order valence-corrected chi connectivity index (χ0v) is 24.7. The zero-order chi connectivity index (χ0) is 31.2. The Hall–Kier alpha value is -3.63. The number of ether oxygens (including phenoxy) is 1. The standard InChI is InChI=1S/C32H40F3N3O5/c1-3-8-26-22(9-6-17-38(26)30(42)23-21-36-16-13-24(23)32(33,34)35)29(41)37-18-14-31(2,15-19-37)25-10-4-5-11-27(25)43-20-7-12-28(39)40/h4-5,10-11,13,16,21-22,26H,3,6-9,12,14-15,17-20H2,1-2H3,(H,39,40). The van der Waals surface area contributed by atoms with Gasteiger partial charge in [0.15, 0.2) is 0 Å². The Labute approximate surface area is 250 Å². The normalized spacial score (nSPS) is 20.5. The molecule has 0 saturated carbocycles. The molecule has 0 bridgehead atoms. The molecular formula is C32H40F3N3O5. The zero-order valence-electron chi connectivity index (χ0n) is 24.7. The minimum Gasteiger partial charge on any atom is -0.493 e. The molecule has 1 aromatic carbocycles. The molecule has 0 radical (unpaired) electrons. The van der Waals surface area contributed by atoms with Crippen LogP contribution in [-0.2, 0) is 21.2 Å². The van der Waals surface area contributed by atoms with E-state index < -0.39 is 41.1 Å². The number of aromatic nitrogens is 1. The highest BCUT2D eigenvalue weighted by Crippen LogP contribution is 2.41. The van der Waals surface area contributed by atoms with Crippen LogP contribution in [0, 0.1) is 5.92 Å². The maximum atomic E-state index is 13.9. The SMILES string of the molecule is CCCC1C(C(=O)N2CCC(C)(c3ccccc3OCCCC(=O)O)CC2)CCCN1C(=O)c1cnccc1C(F)(F)F. The van der Waals surface area contributed by atoms with Gasteiger partial charge in [0.2, 0.25) is 5.91 Å². The van der Waals surface area contributed by atoms with E-state index >= 15 is 0 Å². The summed E-state index contributed by atoms with van der Waals surface area (Å²) in [6, 6.07) is 8.04. The molecule has 2 aliphatic heterocycles. The topological polar surface area (TPSA) is 100 Å². The number of carbonyl (C=O) groups excluding carboxylic acids is 2. The summed E-state index contributed by atoms with van der Waals surface area (Å²) in [5.74, 6) is -1.43. The summed E-state index contributed by atoms with van der Waals surface area (Å²) in [6.45, 7) is 5.68. The Morgan fingerprint density at radius 1 is 1.12 bits per heavy atom. The Balaban J connectivity index is 1.47. The number of rotatable bonds is 10. The van der Waals surface area contributed by atoms with Gasteiger partial charge in [0.05, 0.1) is 23.7 Å². The first-order chi connectivity index (χ1) is 20.5. The van der Waals surface area contributed by atoms with Gasteiger partial charge in [-0.1, -0.05) is 38.5 Å². The number of carboxylic acid groups (broad SMARTS) is 1. The predicted molar refractivity (Wildman–Crippen MR) is 154 cm³/mol. The Kier molecular flexibility index (Phi) is 10.3. The fraction of sp³-hybridized carbons (Fsp3) is 0.562. The van der Waals surface area contributed by atoms with E-state index in [9.17, 15) is 27.6 Å². The van der Waals surface area contributed by atoms with E-state index in [0.717, 1.165) is 24.0 Å². The van der Waals surface area contributed by atoms with Gasteiger partial charge in [-0.2, -0.15) is 13.2 Å². The number of para-hydroxylation sites is 1. The Bertz CT molecular complexity index is 1290. The minimum absolute atomic E-state index is 0.0332. The average Bonchev–Trinajstić information content (AvgIpc) is 2.99. The second-order valence-corrected chi connectivity index (χ2v) is 11.8. The van der Waals surface area contributed by atoms with Crippen molar-refractivity contribution in [1.82, 2.24) is 14.8 Å². The molecule has 0 spiro atoms. The number of hydrogen-bond acceptors (Lipinski definition) is 5. The number of aliphatic carboxylic acids is 1. The summed E-state index contributed by atoms with van der Waals surface area (Å²) >= 11 is 0. The first-order valence-electron chi connectivity index (χ1n) is 15.0. The van der Waals surface area contributed by atoms with Crippen molar-refractivity contribution in [3.63, 3.8) is 0 Å². The molecule has 4 rings (SSSR count). The van der Waals surface area contributed by atoms with Crippen LogP contribution in [0.25, 0.3) is 0 Å². The number of piperidine rings is 2. The number of likely N-dealkylation sites (tertiary alicyclic amines) is 2. The van der Waals surface area contributed by atoms with Gasteiger partial charge in [-0.3, -0.25) is 19.4 Å². The molecule has 2 saturated heterocycles. The Morgan fingerprint density at radius 3 is 2.51 bits per heavy atom. The van der Waals surface area contributed by atoms with Crippen molar-refractivity contribution in [2.45, 2.75) is 82.8 Å². The molecule has 0 aliphatic carbocycles. The molecule has 8 nitrogen and oxygen atoms in total.